The minimum atomic E-state index is -0.556. The van der Waals surface area contributed by atoms with E-state index in [0.29, 0.717) is 5.90 Å². The first-order valence-corrected chi connectivity index (χ1v) is 11.0. The largest absolute Gasteiger partial charge is 0.446 e. The van der Waals surface area contributed by atoms with Crippen molar-refractivity contribution in [2.45, 2.75) is 26.6 Å². The van der Waals surface area contributed by atoms with Crippen LogP contribution in [0.15, 0.2) is 71.8 Å². The third kappa shape index (κ3) is 3.06. The molecule has 1 aliphatic rings. The van der Waals surface area contributed by atoms with E-state index in [1.165, 1.54) is 28.4 Å². The molecule has 0 saturated carbocycles. The van der Waals surface area contributed by atoms with Gasteiger partial charge in [-0.1, -0.05) is 30.3 Å². The van der Waals surface area contributed by atoms with Crippen LogP contribution in [0.2, 0.25) is 0 Å². The summed E-state index contributed by atoms with van der Waals surface area (Å²) in [5, 5.41) is 8.30. The first kappa shape index (κ1) is 19.1. The lowest BCUT2D eigenvalue weighted by Gasteiger charge is -2.19. The zero-order chi connectivity index (χ0) is 20.8. The van der Waals surface area contributed by atoms with Gasteiger partial charge in [-0.15, -0.1) is 5.10 Å². The van der Waals surface area contributed by atoms with Gasteiger partial charge >= 0.3 is 0 Å². The lowest BCUT2D eigenvalue weighted by atomic mass is 10.1. The van der Waals surface area contributed by atoms with Crippen LogP contribution in [0.1, 0.15) is 31.2 Å². The normalized spacial score (nSPS) is 16.2. The van der Waals surface area contributed by atoms with E-state index in [0.717, 1.165) is 26.6 Å². The molecule has 0 saturated heterocycles. The van der Waals surface area contributed by atoms with E-state index in [2.05, 4.69) is 75.6 Å². The highest BCUT2D eigenvalue weighted by atomic mass is 127. The molecular weight excluding hydrogens is 489 g/mol. The Morgan fingerprint density at radius 1 is 1.03 bits per heavy atom. The fourth-order valence-corrected chi connectivity index (χ4v) is 4.65. The lowest BCUT2D eigenvalue weighted by Crippen LogP contribution is -2.25. The van der Waals surface area contributed by atoms with E-state index < -0.39 is 6.23 Å². The second-order valence-corrected chi connectivity index (χ2v) is 8.53. The van der Waals surface area contributed by atoms with Crippen LogP contribution >= 0.6 is 22.6 Å². The SMILES string of the molecule is CCn1c2ccccc2c2cc(C3=NN(C(C)=O)C(c4cccc(I)c4)O3)ccc21. The number of aryl methyl sites for hydroxylation is 1. The predicted molar refractivity (Wildman–Crippen MR) is 127 cm³/mol. The van der Waals surface area contributed by atoms with Gasteiger partial charge in [-0.25, -0.2) is 0 Å². The Labute approximate surface area is 188 Å². The van der Waals surface area contributed by atoms with Gasteiger partial charge in [-0.3, -0.25) is 4.79 Å². The second-order valence-electron chi connectivity index (χ2n) is 7.29. The van der Waals surface area contributed by atoms with Crippen LogP contribution in [0.25, 0.3) is 21.8 Å². The zero-order valence-corrected chi connectivity index (χ0v) is 18.8. The average molecular weight is 509 g/mol. The van der Waals surface area contributed by atoms with E-state index in [-0.39, 0.29) is 5.91 Å². The molecule has 0 spiro atoms. The van der Waals surface area contributed by atoms with Crippen LogP contribution in [-0.2, 0) is 16.1 Å². The summed E-state index contributed by atoms with van der Waals surface area (Å²) in [4.78, 5) is 12.3. The maximum absolute atomic E-state index is 12.3. The van der Waals surface area contributed by atoms with Gasteiger partial charge in [0.1, 0.15) is 0 Å². The van der Waals surface area contributed by atoms with Crippen molar-refractivity contribution in [2.24, 2.45) is 5.10 Å². The van der Waals surface area contributed by atoms with Crippen LogP contribution < -0.4 is 0 Å². The molecule has 5 nitrogen and oxygen atoms in total. The fraction of sp³-hybridized carbons (Fsp3) is 0.167. The highest BCUT2D eigenvalue weighted by Crippen LogP contribution is 2.34. The highest BCUT2D eigenvalue weighted by Gasteiger charge is 2.33. The molecule has 5 rings (SSSR count). The standard InChI is InChI=1S/C24H20IN3O2/c1-3-27-21-10-5-4-9-19(21)20-14-16(11-12-22(20)27)23-26-28(15(2)29)24(30-23)17-7-6-8-18(25)13-17/h4-14,24H,3H2,1-2H3. The molecule has 0 fully saturated rings. The van der Waals surface area contributed by atoms with Crippen LogP contribution in [0.4, 0.5) is 0 Å². The lowest BCUT2D eigenvalue weighted by molar-refractivity contribution is -0.135. The molecule has 0 N–H and O–H groups in total. The van der Waals surface area contributed by atoms with Gasteiger partial charge < -0.3 is 9.30 Å². The maximum Gasteiger partial charge on any atom is 0.243 e. The summed E-state index contributed by atoms with van der Waals surface area (Å²) in [6.45, 7) is 4.56. The van der Waals surface area contributed by atoms with Crippen molar-refractivity contribution in [3.63, 3.8) is 0 Å². The van der Waals surface area contributed by atoms with Crippen molar-refractivity contribution in [1.29, 1.82) is 0 Å². The number of hydrazone groups is 1. The van der Waals surface area contributed by atoms with E-state index in [9.17, 15) is 4.79 Å². The molecule has 6 heteroatoms. The quantitative estimate of drug-likeness (QED) is 0.335. The van der Waals surface area contributed by atoms with Gasteiger partial charge in [0.2, 0.25) is 18.0 Å². The summed E-state index contributed by atoms with van der Waals surface area (Å²) >= 11 is 2.26. The third-order valence-corrected chi connectivity index (χ3v) is 6.11. The molecule has 4 aromatic rings. The Morgan fingerprint density at radius 3 is 2.60 bits per heavy atom. The van der Waals surface area contributed by atoms with Crippen molar-refractivity contribution >= 4 is 56.2 Å². The molecule has 1 atom stereocenters. The minimum Gasteiger partial charge on any atom is -0.446 e. The summed E-state index contributed by atoms with van der Waals surface area (Å²) in [5.41, 5.74) is 4.16. The number of ether oxygens (including phenoxy) is 1. The monoisotopic (exact) mass is 509 g/mol. The second kappa shape index (κ2) is 7.43. The minimum absolute atomic E-state index is 0.155. The van der Waals surface area contributed by atoms with Gasteiger partial charge in [-0.05, 0) is 65.9 Å². The number of nitrogens with zero attached hydrogens (tertiary/aromatic N) is 3. The summed E-state index contributed by atoms with van der Waals surface area (Å²) in [6.07, 6.45) is -0.556. The number of halogens is 1. The molecular formula is C24H20IN3O2. The molecule has 1 amide bonds. The van der Waals surface area contributed by atoms with Gasteiger partial charge in [0, 0.05) is 50.0 Å². The fourth-order valence-electron chi connectivity index (χ4n) is 4.09. The number of aromatic nitrogens is 1. The summed E-state index contributed by atoms with van der Waals surface area (Å²) < 4.78 is 9.59. The predicted octanol–water partition coefficient (Wildman–Crippen LogP) is 5.66. The number of amides is 1. The summed E-state index contributed by atoms with van der Waals surface area (Å²) in [6, 6.07) is 22.6. The van der Waals surface area contributed by atoms with E-state index in [4.69, 9.17) is 4.74 Å². The third-order valence-electron chi connectivity index (χ3n) is 5.44. The molecule has 1 unspecified atom stereocenters. The van der Waals surface area contributed by atoms with Crippen LogP contribution in [0, 0.1) is 3.57 Å². The first-order chi connectivity index (χ1) is 14.6. The van der Waals surface area contributed by atoms with E-state index in [1.54, 1.807) is 0 Å². The van der Waals surface area contributed by atoms with Gasteiger partial charge in [0.05, 0.1) is 0 Å². The topological polar surface area (TPSA) is 46.8 Å². The highest BCUT2D eigenvalue weighted by molar-refractivity contribution is 14.1. The molecule has 0 bridgehead atoms. The van der Waals surface area contributed by atoms with Crippen molar-refractivity contribution in [3.8, 4) is 0 Å². The van der Waals surface area contributed by atoms with Gasteiger partial charge in [-0.2, -0.15) is 5.01 Å². The molecule has 1 aliphatic heterocycles. The smallest absolute Gasteiger partial charge is 0.243 e. The van der Waals surface area contributed by atoms with Gasteiger partial charge in [0.25, 0.3) is 0 Å². The van der Waals surface area contributed by atoms with E-state index in [1.807, 2.05) is 30.3 Å². The number of carbonyl (C=O) groups excluding carboxylic acids is 1. The molecule has 1 aromatic heterocycles. The van der Waals surface area contributed by atoms with Crippen LogP contribution in [0.5, 0.6) is 0 Å². The molecule has 0 radical (unpaired) electrons. The zero-order valence-electron chi connectivity index (χ0n) is 16.7. The number of hydrogen-bond donors (Lipinski definition) is 0. The Hall–Kier alpha value is -2.87. The van der Waals surface area contributed by atoms with Crippen molar-refractivity contribution < 1.29 is 9.53 Å². The molecule has 3 aromatic carbocycles. The Balaban J connectivity index is 1.60. The number of hydrogen-bond acceptors (Lipinski definition) is 3. The van der Waals surface area contributed by atoms with Gasteiger partial charge in [0.15, 0.2) is 0 Å². The van der Waals surface area contributed by atoms with Crippen molar-refractivity contribution in [1.82, 2.24) is 9.58 Å². The Bertz CT molecular complexity index is 1320. The molecule has 2 heterocycles. The number of rotatable bonds is 3. The number of fused-ring (bicyclic) bond motifs is 3. The first-order valence-electron chi connectivity index (χ1n) is 9.88. The Morgan fingerprint density at radius 2 is 1.83 bits per heavy atom. The summed E-state index contributed by atoms with van der Waals surface area (Å²) in [5.74, 6) is 0.307. The number of para-hydroxylation sites is 1. The summed E-state index contributed by atoms with van der Waals surface area (Å²) in [7, 11) is 0. The van der Waals surface area contributed by atoms with E-state index >= 15 is 0 Å². The Kier molecular flexibility index (Phi) is 4.73. The van der Waals surface area contributed by atoms with Crippen molar-refractivity contribution in [2.75, 3.05) is 0 Å². The molecule has 0 aliphatic carbocycles. The number of benzene rings is 3. The maximum atomic E-state index is 12.3. The van der Waals surface area contributed by atoms with Crippen LogP contribution in [0.3, 0.4) is 0 Å². The number of carbonyl (C=O) groups is 1. The average Bonchev–Trinajstić information content (AvgIpc) is 3.33. The van der Waals surface area contributed by atoms with Crippen molar-refractivity contribution in [3.05, 3.63) is 81.4 Å². The molecule has 30 heavy (non-hydrogen) atoms. The van der Waals surface area contributed by atoms with Crippen LogP contribution in [-0.4, -0.2) is 21.4 Å². The molecule has 150 valence electrons.